The molecule has 2 nitrogen and oxygen atoms in total. The summed E-state index contributed by atoms with van der Waals surface area (Å²) in [4.78, 5) is 2.63. The fourth-order valence-electron chi connectivity index (χ4n) is 6.40. The molecule has 0 amide bonds. The fourth-order valence-corrected chi connectivity index (χ4v) is 12.5. The number of rotatable bonds is 2. The van der Waals surface area contributed by atoms with E-state index in [0.717, 1.165) is 5.75 Å². The molecule has 4 aromatic rings. The second kappa shape index (κ2) is 6.31. The number of hydrogen-bond donors (Lipinski definition) is 0. The van der Waals surface area contributed by atoms with Crippen LogP contribution in [0.2, 0.25) is 26.2 Å². The zero-order valence-electron chi connectivity index (χ0n) is 19.5. The van der Waals surface area contributed by atoms with Gasteiger partial charge in [-0.3, -0.25) is 0 Å². The average Bonchev–Trinajstić information content (AvgIpc) is 2.82. The van der Waals surface area contributed by atoms with Crippen LogP contribution >= 0.6 is 0 Å². The van der Waals surface area contributed by atoms with Gasteiger partial charge in [0.05, 0.1) is 5.75 Å². The third-order valence-corrected chi connectivity index (χ3v) is 15.1. The average molecular weight is 460 g/mol. The predicted molar refractivity (Wildman–Crippen MR) is 147 cm³/mol. The molecule has 33 heavy (non-hydrogen) atoms. The Morgan fingerprint density at radius 1 is 0.545 bits per heavy atom. The second-order valence-corrected chi connectivity index (χ2v) is 19.2. The Labute approximate surface area is 198 Å². The third kappa shape index (κ3) is 2.34. The van der Waals surface area contributed by atoms with E-state index in [1.807, 2.05) is 6.07 Å². The Hall–Kier alpha value is -3.02. The van der Waals surface area contributed by atoms with Crippen LogP contribution in [0.15, 0.2) is 84.9 Å². The Balaban J connectivity index is 1.61. The fraction of sp³-hybridized carbons (Fsp3) is 0.143. The van der Waals surface area contributed by atoms with Crippen molar-refractivity contribution in [1.29, 1.82) is 0 Å². The molecule has 0 N–H and O–H groups in total. The molecule has 0 spiro atoms. The van der Waals surface area contributed by atoms with Gasteiger partial charge in [0, 0.05) is 17.1 Å². The topological polar surface area (TPSA) is 12.5 Å². The van der Waals surface area contributed by atoms with Crippen molar-refractivity contribution in [3.8, 4) is 5.75 Å². The van der Waals surface area contributed by atoms with E-state index in [0.29, 0.717) is 0 Å². The van der Waals surface area contributed by atoms with Crippen LogP contribution in [0.5, 0.6) is 5.75 Å². The first-order chi connectivity index (χ1) is 15.9. The van der Waals surface area contributed by atoms with Crippen LogP contribution in [-0.2, 0) is 0 Å². The van der Waals surface area contributed by atoms with E-state index in [-0.39, 0.29) is 6.92 Å². The molecule has 4 aromatic carbocycles. The number of benzene rings is 4. The Bertz CT molecular complexity index is 1380. The van der Waals surface area contributed by atoms with Crippen molar-refractivity contribution in [3.05, 3.63) is 84.9 Å². The largest absolute Gasteiger partial charge is 0.551 e. The molecule has 0 aliphatic carbocycles. The van der Waals surface area contributed by atoms with Crippen LogP contribution in [-0.4, -0.2) is 23.1 Å². The minimum Gasteiger partial charge on any atom is -0.551 e. The van der Waals surface area contributed by atoms with Crippen molar-refractivity contribution in [2.45, 2.75) is 26.2 Å². The predicted octanol–water partition coefficient (Wildman–Crippen LogP) is 2.93. The molecule has 0 bridgehead atoms. The van der Waals surface area contributed by atoms with Gasteiger partial charge >= 0.3 is 6.92 Å². The number of hydrogen-bond acceptors (Lipinski definition) is 2. The van der Waals surface area contributed by atoms with Crippen molar-refractivity contribution in [2.75, 3.05) is 4.90 Å². The lowest BCUT2D eigenvalue weighted by molar-refractivity contribution is 0.591. The molecule has 0 saturated carbocycles. The molecular weight excluding hydrogens is 433 g/mol. The number of nitrogens with zero attached hydrogens (tertiary/aromatic N) is 1. The number of para-hydroxylation sites is 4. The van der Waals surface area contributed by atoms with Crippen LogP contribution in [0, 0.1) is 0 Å². The molecule has 0 fully saturated rings. The summed E-state index contributed by atoms with van der Waals surface area (Å²) in [5.41, 5.74) is 6.86. The van der Waals surface area contributed by atoms with E-state index >= 15 is 0 Å². The molecule has 0 saturated heterocycles. The van der Waals surface area contributed by atoms with Crippen molar-refractivity contribution < 1.29 is 4.65 Å². The van der Waals surface area contributed by atoms with Gasteiger partial charge in [-0.1, -0.05) is 99.0 Å². The first kappa shape index (κ1) is 19.4. The smallest absolute Gasteiger partial charge is 0.430 e. The van der Waals surface area contributed by atoms with Crippen LogP contribution in [0.3, 0.4) is 0 Å². The maximum atomic E-state index is 6.78. The summed E-state index contributed by atoms with van der Waals surface area (Å²) in [5, 5.41) is 6.20. The van der Waals surface area contributed by atoms with Crippen LogP contribution in [0.4, 0.5) is 17.1 Å². The zero-order chi connectivity index (χ0) is 22.5. The second-order valence-electron chi connectivity index (χ2n) is 10.6. The third-order valence-electron chi connectivity index (χ3n) is 8.10. The quantitative estimate of drug-likeness (QED) is 0.428. The summed E-state index contributed by atoms with van der Waals surface area (Å²) >= 11 is 0. The van der Waals surface area contributed by atoms with Crippen LogP contribution < -0.4 is 41.2 Å². The van der Waals surface area contributed by atoms with Gasteiger partial charge in [0.2, 0.25) is 0 Å². The maximum Gasteiger partial charge on any atom is 0.430 e. The zero-order valence-corrected chi connectivity index (χ0v) is 21.5. The van der Waals surface area contributed by atoms with E-state index in [4.69, 9.17) is 4.65 Å². The minimum absolute atomic E-state index is 0.102. The first-order valence-corrected chi connectivity index (χ1v) is 17.8. The summed E-state index contributed by atoms with van der Waals surface area (Å²) < 4.78 is 6.78. The summed E-state index contributed by atoms with van der Waals surface area (Å²) in [6.45, 7) is 9.98. The van der Waals surface area contributed by atoms with E-state index < -0.39 is 16.1 Å². The molecule has 0 atom stereocenters. The lowest BCUT2D eigenvalue weighted by Gasteiger charge is -2.52. The molecule has 160 valence electrons. The van der Waals surface area contributed by atoms with Crippen molar-refractivity contribution in [1.82, 2.24) is 0 Å². The molecule has 5 heteroatoms. The van der Waals surface area contributed by atoms with Gasteiger partial charge < -0.3 is 9.55 Å². The highest BCUT2D eigenvalue weighted by Crippen LogP contribution is 2.41. The van der Waals surface area contributed by atoms with Gasteiger partial charge in [0.1, 0.15) is 16.1 Å². The minimum atomic E-state index is -1.87. The molecule has 0 aromatic heterocycles. The molecule has 0 radical (unpaired) electrons. The van der Waals surface area contributed by atoms with Crippen molar-refractivity contribution in [2.24, 2.45) is 0 Å². The highest BCUT2D eigenvalue weighted by Gasteiger charge is 2.52. The van der Waals surface area contributed by atoms with Gasteiger partial charge in [-0.05, 0) is 43.8 Å². The molecular formula is C28H26BNOSi2. The highest BCUT2D eigenvalue weighted by atomic mass is 28.3. The van der Waals surface area contributed by atoms with Crippen LogP contribution in [0.25, 0.3) is 0 Å². The molecule has 3 aliphatic rings. The van der Waals surface area contributed by atoms with Crippen molar-refractivity contribution in [3.63, 3.8) is 0 Å². The summed E-state index contributed by atoms with van der Waals surface area (Å²) in [7, 11) is -3.74. The van der Waals surface area contributed by atoms with E-state index in [1.54, 1.807) is 10.4 Å². The molecule has 3 heterocycles. The Morgan fingerprint density at radius 2 is 1.00 bits per heavy atom. The van der Waals surface area contributed by atoms with E-state index in [1.165, 1.54) is 38.4 Å². The normalized spacial score (nSPS) is 17.5. The SMILES string of the molecule is C[Si]1(C)c2cccc3c2N2c4c(cccc4[Si](C)(C)c4cccc1c42)B3Oc1ccccc1. The van der Waals surface area contributed by atoms with Gasteiger partial charge in [-0.2, -0.15) is 0 Å². The van der Waals surface area contributed by atoms with Gasteiger partial charge in [0.25, 0.3) is 0 Å². The lowest BCUT2D eigenvalue weighted by atomic mass is 9.52. The summed E-state index contributed by atoms with van der Waals surface area (Å²) in [6, 6.07) is 31.3. The molecule has 7 rings (SSSR count). The Morgan fingerprint density at radius 3 is 1.52 bits per heavy atom. The molecule has 3 aliphatic heterocycles. The lowest BCUT2D eigenvalue weighted by Crippen LogP contribution is -2.71. The Kier molecular flexibility index (Phi) is 3.72. The van der Waals surface area contributed by atoms with Crippen LogP contribution in [0.1, 0.15) is 0 Å². The standard InChI is InChI=1S/C28H26BNOSi2/c1-32(2)22-15-8-13-20-26(22)30-27-21(29(20)31-19-11-6-5-7-12-19)14-9-16-23(27)33(3,4)25-18-10-17-24(32)28(25)30/h5-18H,1-4H3. The summed E-state index contributed by atoms with van der Waals surface area (Å²) in [6.07, 6.45) is 0. The maximum absolute atomic E-state index is 6.78. The van der Waals surface area contributed by atoms with Crippen molar-refractivity contribution >= 4 is 71.8 Å². The number of anilines is 3. The summed E-state index contributed by atoms with van der Waals surface area (Å²) in [5.74, 6) is 0.923. The molecule has 0 unspecified atom stereocenters. The highest BCUT2D eigenvalue weighted by molar-refractivity contribution is 7.08. The van der Waals surface area contributed by atoms with Gasteiger partial charge in [-0.15, -0.1) is 0 Å². The first-order valence-electron chi connectivity index (χ1n) is 11.8. The van der Waals surface area contributed by atoms with Gasteiger partial charge in [-0.25, -0.2) is 0 Å². The van der Waals surface area contributed by atoms with E-state index in [9.17, 15) is 0 Å². The van der Waals surface area contributed by atoms with Gasteiger partial charge in [0.15, 0.2) is 0 Å². The monoisotopic (exact) mass is 459 g/mol. The van der Waals surface area contributed by atoms with E-state index in [2.05, 4.69) is 110 Å².